The molecule has 0 spiro atoms. The van der Waals surface area contributed by atoms with E-state index in [4.69, 9.17) is 19.8 Å². The summed E-state index contributed by atoms with van der Waals surface area (Å²) < 4.78 is 11.4. The van der Waals surface area contributed by atoms with Crippen LogP contribution < -0.4 is 4.74 Å². The Hall–Kier alpha value is -1.61. The van der Waals surface area contributed by atoms with Gasteiger partial charge in [-0.15, -0.1) is 0 Å². The van der Waals surface area contributed by atoms with Crippen LogP contribution in [-0.4, -0.2) is 55.6 Å². The third-order valence-corrected chi connectivity index (χ3v) is 3.83. The molecule has 2 rings (SSSR count). The maximum atomic E-state index is 8.85. The molecule has 5 heteroatoms. The summed E-state index contributed by atoms with van der Waals surface area (Å²) in [5.74, 6) is 0.751. The molecule has 22 heavy (non-hydrogen) atoms. The van der Waals surface area contributed by atoms with Crippen LogP contribution in [0.2, 0.25) is 0 Å². The molecule has 0 saturated carbocycles. The molecule has 1 aromatic carbocycles. The highest BCUT2D eigenvalue weighted by Crippen LogP contribution is 2.15. The Kier molecular flexibility index (Phi) is 7.17. The predicted molar refractivity (Wildman–Crippen MR) is 83.8 cm³/mol. The van der Waals surface area contributed by atoms with Crippen LogP contribution in [0.15, 0.2) is 24.3 Å². The fourth-order valence-electron chi connectivity index (χ4n) is 2.56. The molecule has 5 nitrogen and oxygen atoms in total. The van der Waals surface area contributed by atoms with Gasteiger partial charge in [-0.05, 0) is 37.5 Å². The monoisotopic (exact) mass is 304 g/mol. The number of aliphatic hydroxyl groups excluding tert-OH is 1. The van der Waals surface area contributed by atoms with Gasteiger partial charge in [0, 0.05) is 32.8 Å². The van der Waals surface area contributed by atoms with E-state index >= 15 is 0 Å². The van der Waals surface area contributed by atoms with E-state index in [1.54, 1.807) is 12.1 Å². The van der Waals surface area contributed by atoms with Crippen molar-refractivity contribution >= 4 is 0 Å². The highest BCUT2D eigenvalue weighted by molar-refractivity contribution is 5.36. The largest absolute Gasteiger partial charge is 0.492 e. The fraction of sp³-hybridized carbons (Fsp3) is 0.588. The SMILES string of the molecule is N#Cc1cccc(OCCN2CCC(OCCCO)CC2)c1. The molecular formula is C17H24N2O3. The highest BCUT2D eigenvalue weighted by Gasteiger charge is 2.19. The van der Waals surface area contributed by atoms with Crippen LogP contribution in [0.25, 0.3) is 0 Å². The van der Waals surface area contributed by atoms with Crippen LogP contribution in [-0.2, 0) is 4.74 Å². The van der Waals surface area contributed by atoms with Gasteiger partial charge in [-0.3, -0.25) is 4.90 Å². The number of ether oxygens (including phenoxy) is 2. The van der Waals surface area contributed by atoms with E-state index < -0.39 is 0 Å². The van der Waals surface area contributed by atoms with Crippen LogP contribution >= 0.6 is 0 Å². The molecule has 0 unspecified atom stereocenters. The predicted octanol–water partition coefficient (Wildman–Crippen LogP) is 1.80. The number of nitrogens with zero attached hydrogens (tertiary/aromatic N) is 2. The van der Waals surface area contributed by atoms with E-state index in [0.717, 1.165) is 44.6 Å². The van der Waals surface area contributed by atoms with E-state index in [2.05, 4.69) is 11.0 Å². The number of hydrogen-bond acceptors (Lipinski definition) is 5. The summed E-state index contributed by atoms with van der Waals surface area (Å²) in [6.45, 7) is 4.41. The van der Waals surface area contributed by atoms with Crippen LogP contribution in [0, 0.1) is 11.3 Å². The van der Waals surface area contributed by atoms with Crippen molar-refractivity contribution in [1.82, 2.24) is 4.90 Å². The first-order valence-electron chi connectivity index (χ1n) is 7.89. The Morgan fingerprint density at radius 1 is 1.27 bits per heavy atom. The molecule has 0 aromatic heterocycles. The van der Waals surface area contributed by atoms with Gasteiger partial charge in [-0.1, -0.05) is 6.07 Å². The molecular weight excluding hydrogens is 280 g/mol. The molecule has 0 atom stereocenters. The molecule has 1 saturated heterocycles. The molecule has 1 heterocycles. The van der Waals surface area contributed by atoms with Gasteiger partial charge in [0.05, 0.1) is 17.7 Å². The van der Waals surface area contributed by atoms with Gasteiger partial charge in [0.15, 0.2) is 0 Å². The van der Waals surface area contributed by atoms with Gasteiger partial charge >= 0.3 is 0 Å². The van der Waals surface area contributed by atoms with Crippen molar-refractivity contribution in [3.63, 3.8) is 0 Å². The van der Waals surface area contributed by atoms with E-state index in [1.807, 2.05) is 12.1 Å². The molecule has 120 valence electrons. The van der Waals surface area contributed by atoms with Gasteiger partial charge in [-0.25, -0.2) is 0 Å². The minimum Gasteiger partial charge on any atom is -0.492 e. The van der Waals surface area contributed by atoms with Crippen molar-refractivity contribution in [2.24, 2.45) is 0 Å². The lowest BCUT2D eigenvalue weighted by Gasteiger charge is -2.31. The molecule has 0 radical (unpaired) electrons. The number of nitriles is 1. The Morgan fingerprint density at radius 3 is 2.82 bits per heavy atom. The van der Waals surface area contributed by atoms with Crippen LogP contribution in [0.4, 0.5) is 0 Å². The summed E-state index contributed by atoms with van der Waals surface area (Å²) >= 11 is 0. The summed E-state index contributed by atoms with van der Waals surface area (Å²) in [7, 11) is 0. The molecule has 1 aromatic rings. The van der Waals surface area contributed by atoms with Crippen molar-refractivity contribution in [2.75, 3.05) is 39.5 Å². The Balaban J connectivity index is 1.61. The number of hydrogen-bond donors (Lipinski definition) is 1. The Labute approximate surface area is 132 Å². The van der Waals surface area contributed by atoms with Crippen molar-refractivity contribution < 1.29 is 14.6 Å². The molecule has 0 aliphatic carbocycles. The zero-order chi connectivity index (χ0) is 15.6. The van der Waals surface area contributed by atoms with Gasteiger partial charge < -0.3 is 14.6 Å². The summed E-state index contributed by atoms with van der Waals surface area (Å²) in [6.07, 6.45) is 3.12. The first kappa shape index (κ1) is 16.8. The summed E-state index contributed by atoms with van der Waals surface area (Å²) in [6, 6.07) is 9.36. The smallest absolute Gasteiger partial charge is 0.120 e. The minimum absolute atomic E-state index is 0.198. The normalized spacial score (nSPS) is 16.4. The average Bonchev–Trinajstić information content (AvgIpc) is 2.57. The molecule has 1 aliphatic heterocycles. The third kappa shape index (κ3) is 5.64. The van der Waals surface area contributed by atoms with Gasteiger partial charge in [0.1, 0.15) is 12.4 Å². The zero-order valence-electron chi connectivity index (χ0n) is 12.9. The second-order valence-electron chi connectivity index (χ2n) is 5.48. The second kappa shape index (κ2) is 9.42. The van der Waals surface area contributed by atoms with Gasteiger partial charge in [-0.2, -0.15) is 5.26 Å². The van der Waals surface area contributed by atoms with E-state index in [-0.39, 0.29) is 6.61 Å². The minimum atomic E-state index is 0.198. The summed E-state index contributed by atoms with van der Waals surface area (Å²) in [5, 5.41) is 17.6. The molecule has 1 aliphatic rings. The Morgan fingerprint density at radius 2 is 2.09 bits per heavy atom. The first-order valence-corrected chi connectivity index (χ1v) is 7.89. The van der Waals surface area contributed by atoms with Crippen molar-refractivity contribution in [3.8, 4) is 11.8 Å². The van der Waals surface area contributed by atoms with E-state index in [9.17, 15) is 0 Å². The number of benzene rings is 1. The Bertz CT molecular complexity index is 479. The maximum absolute atomic E-state index is 8.85. The van der Waals surface area contributed by atoms with Crippen LogP contribution in [0.3, 0.4) is 0 Å². The molecule has 1 fully saturated rings. The summed E-state index contributed by atoms with van der Waals surface area (Å²) in [4.78, 5) is 2.38. The quantitative estimate of drug-likeness (QED) is 0.742. The van der Waals surface area contributed by atoms with Gasteiger partial charge in [0.25, 0.3) is 0 Å². The van der Waals surface area contributed by atoms with Crippen LogP contribution in [0.1, 0.15) is 24.8 Å². The zero-order valence-corrected chi connectivity index (χ0v) is 12.9. The average molecular weight is 304 g/mol. The lowest BCUT2D eigenvalue weighted by molar-refractivity contribution is 0.000408. The van der Waals surface area contributed by atoms with Gasteiger partial charge in [0.2, 0.25) is 0 Å². The number of likely N-dealkylation sites (tertiary alicyclic amines) is 1. The second-order valence-corrected chi connectivity index (χ2v) is 5.48. The first-order chi connectivity index (χ1) is 10.8. The molecule has 1 N–H and O–H groups in total. The molecule has 0 amide bonds. The maximum Gasteiger partial charge on any atom is 0.120 e. The fourth-order valence-corrected chi connectivity index (χ4v) is 2.56. The van der Waals surface area contributed by atoms with Crippen molar-refractivity contribution in [2.45, 2.75) is 25.4 Å². The topological polar surface area (TPSA) is 65.7 Å². The third-order valence-electron chi connectivity index (χ3n) is 3.83. The van der Waals surface area contributed by atoms with E-state index in [0.29, 0.717) is 24.9 Å². The van der Waals surface area contributed by atoms with Crippen molar-refractivity contribution in [1.29, 1.82) is 5.26 Å². The standard InChI is InChI=1S/C17H24N2O3/c18-14-15-3-1-4-17(13-15)22-12-9-19-7-5-16(6-8-19)21-11-2-10-20/h1,3-4,13,16,20H,2,5-12H2. The highest BCUT2D eigenvalue weighted by atomic mass is 16.5. The van der Waals surface area contributed by atoms with Crippen molar-refractivity contribution in [3.05, 3.63) is 29.8 Å². The lowest BCUT2D eigenvalue weighted by atomic mass is 10.1. The number of piperidine rings is 1. The summed E-state index contributed by atoms with van der Waals surface area (Å²) in [5.41, 5.74) is 0.623. The number of aliphatic hydroxyl groups is 1. The molecule has 0 bridgehead atoms. The number of rotatable bonds is 8. The lowest BCUT2D eigenvalue weighted by Crippen LogP contribution is -2.39. The van der Waals surface area contributed by atoms with E-state index in [1.165, 1.54) is 0 Å². The van der Waals surface area contributed by atoms with Crippen LogP contribution in [0.5, 0.6) is 5.75 Å².